The number of esters is 1. The van der Waals surface area contributed by atoms with Gasteiger partial charge in [0.2, 0.25) is 0 Å². The molecule has 0 atom stereocenters. The van der Waals surface area contributed by atoms with Gasteiger partial charge in [-0.3, -0.25) is 0 Å². The lowest BCUT2D eigenvalue weighted by molar-refractivity contribution is -0.321. The monoisotopic (exact) mass is 257 g/mol. The van der Waals surface area contributed by atoms with Gasteiger partial charge in [-0.1, -0.05) is 20.8 Å². The van der Waals surface area contributed by atoms with Crippen molar-refractivity contribution < 1.29 is 19.3 Å². The molecule has 105 valence electrons. The Morgan fingerprint density at radius 3 is 2.11 bits per heavy atom. The Balaban J connectivity index is 4.03. The summed E-state index contributed by atoms with van der Waals surface area (Å²) in [7, 11) is 0. The van der Waals surface area contributed by atoms with Gasteiger partial charge in [-0.15, -0.1) is 0 Å². The summed E-state index contributed by atoms with van der Waals surface area (Å²) in [6, 6.07) is 0. The molecule has 4 nitrogen and oxygen atoms in total. The van der Waals surface area contributed by atoms with Gasteiger partial charge in [0.05, 0.1) is 6.08 Å². The highest BCUT2D eigenvalue weighted by Crippen LogP contribution is 2.29. The SMILES string of the molecule is C[C](C)OC(=O)C=COOC(C)(C)CC(C)(C)C. The molecule has 0 aliphatic rings. The third-order valence-electron chi connectivity index (χ3n) is 1.79. The van der Waals surface area contributed by atoms with Gasteiger partial charge in [0.1, 0.15) is 18.0 Å². The van der Waals surface area contributed by atoms with Crippen LogP contribution >= 0.6 is 0 Å². The molecule has 18 heavy (non-hydrogen) atoms. The molecular weight excluding hydrogens is 232 g/mol. The molecule has 0 rings (SSSR count). The van der Waals surface area contributed by atoms with Crippen molar-refractivity contribution in [1.29, 1.82) is 0 Å². The minimum Gasteiger partial charge on any atom is -0.452 e. The molecule has 1 radical (unpaired) electrons. The van der Waals surface area contributed by atoms with E-state index in [1.54, 1.807) is 13.8 Å². The molecule has 0 fully saturated rings. The van der Waals surface area contributed by atoms with Crippen LogP contribution in [0.3, 0.4) is 0 Å². The summed E-state index contributed by atoms with van der Waals surface area (Å²) in [5.74, 6) is -0.479. The van der Waals surface area contributed by atoms with Gasteiger partial charge in [-0.25, -0.2) is 4.79 Å². The molecule has 0 amide bonds. The van der Waals surface area contributed by atoms with Gasteiger partial charge in [0.15, 0.2) is 0 Å². The minimum absolute atomic E-state index is 0.143. The van der Waals surface area contributed by atoms with Gasteiger partial charge < -0.3 is 9.62 Å². The van der Waals surface area contributed by atoms with E-state index in [9.17, 15) is 4.79 Å². The Kier molecular flexibility index (Phi) is 6.39. The lowest BCUT2D eigenvalue weighted by Crippen LogP contribution is -2.29. The average Bonchev–Trinajstić information content (AvgIpc) is 2.07. The largest absolute Gasteiger partial charge is 0.452 e. The van der Waals surface area contributed by atoms with Crippen molar-refractivity contribution in [2.75, 3.05) is 0 Å². The fourth-order valence-electron chi connectivity index (χ4n) is 1.78. The van der Waals surface area contributed by atoms with Crippen LogP contribution in [0.25, 0.3) is 0 Å². The molecule has 0 aromatic heterocycles. The van der Waals surface area contributed by atoms with Crippen molar-refractivity contribution >= 4 is 5.97 Å². The number of ether oxygens (including phenoxy) is 1. The van der Waals surface area contributed by atoms with E-state index in [0.29, 0.717) is 6.10 Å². The van der Waals surface area contributed by atoms with Crippen LogP contribution in [0.15, 0.2) is 12.3 Å². The zero-order valence-corrected chi connectivity index (χ0v) is 12.5. The van der Waals surface area contributed by atoms with Crippen molar-refractivity contribution in [3.8, 4) is 0 Å². The van der Waals surface area contributed by atoms with Crippen molar-refractivity contribution in [1.82, 2.24) is 0 Å². The first-order valence-corrected chi connectivity index (χ1v) is 6.05. The third-order valence-corrected chi connectivity index (χ3v) is 1.79. The van der Waals surface area contributed by atoms with Gasteiger partial charge in [-0.2, -0.15) is 4.89 Å². The first kappa shape index (κ1) is 17.0. The van der Waals surface area contributed by atoms with E-state index in [0.717, 1.165) is 6.42 Å². The first-order chi connectivity index (χ1) is 8.02. The van der Waals surface area contributed by atoms with Crippen LogP contribution in [0, 0.1) is 11.5 Å². The predicted molar refractivity (Wildman–Crippen MR) is 70.1 cm³/mol. The van der Waals surface area contributed by atoms with Crippen molar-refractivity contribution in [3.05, 3.63) is 18.4 Å². The van der Waals surface area contributed by atoms with Gasteiger partial charge in [-0.05, 0) is 39.5 Å². The summed E-state index contributed by atoms with van der Waals surface area (Å²) in [4.78, 5) is 21.3. The van der Waals surface area contributed by atoms with Crippen molar-refractivity contribution in [3.63, 3.8) is 0 Å². The number of hydrogen-bond acceptors (Lipinski definition) is 4. The normalized spacial score (nSPS) is 13.1. The molecule has 0 bridgehead atoms. The Labute approximate surface area is 110 Å². The summed E-state index contributed by atoms with van der Waals surface area (Å²) in [6.45, 7) is 13.7. The van der Waals surface area contributed by atoms with Crippen LogP contribution in [-0.4, -0.2) is 11.6 Å². The molecule has 0 unspecified atom stereocenters. The quantitative estimate of drug-likeness (QED) is 0.239. The molecule has 4 heteroatoms. The Hall–Kier alpha value is -1.03. The molecule has 0 aromatic rings. The van der Waals surface area contributed by atoms with Gasteiger partial charge in [0.25, 0.3) is 0 Å². The lowest BCUT2D eigenvalue weighted by Gasteiger charge is -2.30. The molecule has 0 N–H and O–H groups in total. The second-order valence-corrected chi connectivity index (χ2v) is 6.31. The Morgan fingerprint density at radius 2 is 1.67 bits per heavy atom. The Morgan fingerprint density at radius 1 is 1.11 bits per heavy atom. The average molecular weight is 257 g/mol. The molecule has 0 aromatic carbocycles. The topological polar surface area (TPSA) is 44.8 Å². The van der Waals surface area contributed by atoms with E-state index in [4.69, 9.17) is 14.5 Å². The maximum atomic E-state index is 11.1. The van der Waals surface area contributed by atoms with Gasteiger partial charge in [0, 0.05) is 0 Å². The zero-order chi connectivity index (χ0) is 14.4. The molecule has 0 saturated heterocycles. The number of carbonyl (C=O) groups is 1. The molecule has 0 aliphatic carbocycles. The molecular formula is C14H25O4. The highest BCUT2D eigenvalue weighted by Gasteiger charge is 2.27. The number of hydrogen-bond donors (Lipinski definition) is 0. The fourth-order valence-corrected chi connectivity index (χ4v) is 1.78. The maximum absolute atomic E-state index is 11.1. The summed E-state index contributed by atoms with van der Waals surface area (Å²) in [5, 5.41) is 0. The number of carbonyl (C=O) groups excluding carboxylic acids is 1. The second kappa shape index (κ2) is 6.78. The Bertz CT molecular complexity index is 285. The number of rotatable bonds is 6. The van der Waals surface area contributed by atoms with Crippen molar-refractivity contribution in [2.24, 2.45) is 5.41 Å². The van der Waals surface area contributed by atoms with Crippen LogP contribution < -0.4 is 0 Å². The van der Waals surface area contributed by atoms with Crippen molar-refractivity contribution in [2.45, 2.75) is 60.5 Å². The summed E-state index contributed by atoms with van der Waals surface area (Å²) < 4.78 is 4.82. The lowest BCUT2D eigenvalue weighted by atomic mass is 9.84. The molecule has 0 heterocycles. The van der Waals surface area contributed by atoms with Crippen LogP contribution in [0.5, 0.6) is 0 Å². The summed E-state index contributed by atoms with van der Waals surface area (Å²) in [6.07, 6.45) is 3.79. The highest BCUT2D eigenvalue weighted by molar-refractivity contribution is 5.82. The predicted octanol–water partition coefficient (Wildman–Crippen LogP) is 3.78. The van der Waals surface area contributed by atoms with E-state index in [1.807, 2.05) is 13.8 Å². The summed E-state index contributed by atoms with van der Waals surface area (Å²) >= 11 is 0. The smallest absolute Gasteiger partial charge is 0.334 e. The van der Waals surface area contributed by atoms with E-state index >= 15 is 0 Å². The fraction of sp³-hybridized carbons (Fsp3) is 0.714. The standard InChI is InChI=1S/C14H25O4/c1-11(2)17-12(15)8-9-16-18-14(6,7)10-13(3,4)5/h8-9H,10H2,1-7H3. The van der Waals surface area contributed by atoms with Crippen LogP contribution in [0.2, 0.25) is 0 Å². The maximum Gasteiger partial charge on any atom is 0.334 e. The minimum atomic E-state index is -0.479. The zero-order valence-electron chi connectivity index (χ0n) is 12.5. The first-order valence-electron chi connectivity index (χ1n) is 6.05. The third kappa shape index (κ3) is 10.1. The molecule has 0 saturated carbocycles. The van der Waals surface area contributed by atoms with E-state index in [2.05, 4.69) is 20.8 Å². The van der Waals surface area contributed by atoms with E-state index < -0.39 is 11.6 Å². The molecule has 0 spiro atoms. The van der Waals surface area contributed by atoms with Crippen LogP contribution in [0.4, 0.5) is 0 Å². The highest BCUT2D eigenvalue weighted by atomic mass is 17.2. The van der Waals surface area contributed by atoms with Crippen LogP contribution in [-0.2, 0) is 19.3 Å². The van der Waals surface area contributed by atoms with E-state index in [-0.39, 0.29) is 5.41 Å². The second-order valence-electron chi connectivity index (χ2n) is 6.31. The van der Waals surface area contributed by atoms with E-state index in [1.165, 1.54) is 12.3 Å². The van der Waals surface area contributed by atoms with Crippen LogP contribution in [0.1, 0.15) is 54.9 Å². The molecule has 0 aliphatic heterocycles. The van der Waals surface area contributed by atoms with Gasteiger partial charge >= 0.3 is 5.97 Å². The summed E-state index contributed by atoms with van der Waals surface area (Å²) in [5.41, 5.74) is -0.275.